The molecule has 0 aliphatic heterocycles. The molecule has 76 valence electrons. The average Bonchev–Trinajstić information content (AvgIpc) is 2.67. The smallest absolute Gasteiger partial charge is 0.374 e. The van der Waals surface area contributed by atoms with E-state index in [4.69, 9.17) is 16.7 Å². The van der Waals surface area contributed by atoms with Gasteiger partial charge in [-0.1, -0.05) is 23.7 Å². The minimum absolute atomic E-state index is 0.164. The van der Waals surface area contributed by atoms with E-state index in [-0.39, 0.29) is 5.82 Å². The number of nitrogens with zero attached hydrogens (tertiary/aromatic N) is 3. The maximum absolute atomic E-state index is 10.8. The van der Waals surface area contributed by atoms with E-state index in [0.29, 0.717) is 10.7 Å². The van der Waals surface area contributed by atoms with Gasteiger partial charge >= 0.3 is 5.97 Å². The van der Waals surface area contributed by atoms with Crippen LogP contribution in [0.15, 0.2) is 30.6 Å². The van der Waals surface area contributed by atoms with Gasteiger partial charge in [0, 0.05) is 0 Å². The van der Waals surface area contributed by atoms with Gasteiger partial charge in [-0.3, -0.25) is 4.57 Å². The molecule has 15 heavy (non-hydrogen) atoms. The van der Waals surface area contributed by atoms with Crippen LogP contribution in [0.4, 0.5) is 0 Å². The van der Waals surface area contributed by atoms with E-state index in [9.17, 15) is 4.79 Å². The number of aromatic carboxylic acids is 1. The number of halogens is 1. The minimum Gasteiger partial charge on any atom is -0.475 e. The molecule has 0 unspecified atom stereocenters. The quantitative estimate of drug-likeness (QED) is 0.840. The highest BCUT2D eigenvalue weighted by molar-refractivity contribution is 6.32. The van der Waals surface area contributed by atoms with Crippen LogP contribution >= 0.6 is 11.6 Å². The third kappa shape index (κ3) is 1.69. The zero-order chi connectivity index (χ0) is 10.8. The summed E-state index contributed by atoms with van der Waals surface area (Å²) in [5.74, 6) is -1.31. The Balaban J connectivity index is 2.59. The molecule has 0 radical (unpaired) electrons. The SMILES string of the molecule is O=C(O)c1nncn1-c1ccccc1Cl. The van der Waals surface area contributed by atoms with Crippen molar-refractivity contribution in [2.24, 2.45) is 0 Å². The first kappa shape index (κ1) is 9.67. The molecule has 0 aliphatic rings. The molecule has 0 saturated carbocycles. The van der Waals surface area contributed by atoms with Crippen molar-refractivity contribution in [1.29, 1.82) is 0 Å². The second-order valence-corrected chi connectivity index (χ2v) is 3.19. The predicted molar refractivity (Wildman–Crippen MR) is 53.3 cm³/mol. The summed E-state index contributed by atoms with van der Waals surface area (Å²) in [6.07, 6.45) is 1.31. The predicted octanol–water partition coefficient (Wildman–Crippen LogP) is 1.62. The van der Waals surface area contributed by atoms with E-state index >= 15 is 0 Å². The number of carbonyl (C=O) groups is 1. The lowest BCUT2D eigenvalue weighted by molar-refractivity contribution is 0.0681. The molecule has 0 amide bonds. The van der Waals surface area contributed by atoms with Crippen molar-refractivity contribution >= 4 is 17.6 Å². The fourth-order valence-corrected chi connectivity index (χ4v) is 1.43. The van der Waals surface area contributed by atoms with E-state index in [2.05, 4.69) is 10.2 Å². The van der Waals surface area contributed by atoms with Gasteiger partial charge in [0.1, 0.15) is 6.33 Å². The molecule has 1 aromatic carbocycles. The normalized spacial score (nSPS) is 10.2. The first-order valence-electron chi connectivity index (χ1n) is 4.08. The highest BCUT2D eigenvalue weighted by Crippen LogP contribution is 2.20. The van der Waals surface area contributed by atoms with Crippen molar-refractivity contribution in [2.45, 2.75) is 0 Å². The summed E-state index contributed by atoms with van der Waals surface area (Å²) in [6, 6.07) is 6.88. The topological polar surface area (TPSA) is 68.0 Å². The molecule has 0 bridgehead atoms. The Morgan fingerprint density at radius 1 is 1.40 bits per heavy atom. The van der Waals surface area contributed by atoms with Crippen LogP contribution in [0.25, 0.3) is 5.69 Å². The zero-order valence-electron chi connectivity index (χ0n) is 7.46. The molecular weight excluding hydrogens is 218 g/mol. The van der Waals surface area contributed by atoms with Crippen molar-refractivity contribution in [3.63, 3.8) is 0 Å². The Hall–Kier alpha value is -1.88. The van der Waals surface area contributed by atoms with Gasteiger partial charge in [-0.25, -0.2) is 4.79 Å². The van der Waals surface area contributed by atoms with Gasteiger partial charge in [-0.05, 0) is 12.1 Å². The molecule has 1 aromatic heterocycles. The number of hydrogen-bond donors (Lipinski definition) is 1. The van der Waals surface area contributed by atoms with Crippen LogP contribution in [0.3, 0.4) is 0 Å². The van der Waals surface area contributed by atoms with E-state index in [1.165, 1.54) is 10.9 Å². The third-order valence-electron chi connectivity index (χ3n) is 1.85. The number of carboxylic acid groups (broad SMARTS) is 1. The Kier molecular flexibility index (Phi) is 2.39. The van der Waals surface area contributed by atoms with Crippen LogP contribution < -0.4 is 0 Å². The number of aromatic nitrogens is 3. The lowest BCUT2D eigenvalue weighted by atomic mass is 10.3. The second-order valence-electron chi connectivity index (χ2n) is 2.78. The van der Waals surface area contributed by atoms with Gasteiger partial charge in [0.2, 0.25) is 5.82 Å². The largest absolute Gasteiger partial charge is 0.475 e. The maximum Gasteiger partial charge on any atom is 0.374 e. The molecule has 1 heterocycles. The van der Waals surface area contributed by atoms with Crippen molar-refractivity contribution < 1.29 is 9.90 Å². The number of benzene rings is 1. The Morgan fingerprint density at radius 2 is 2.13 bits per heavy atom. The summed E-state index contributed by atoms with van der Waals surface area (Å²) in [4.78, 5) is 10.8. The highest BCUT2D eigenvalue weighted by Gasteiger charge is 2.14. The molecule has 1 N–H and O–H groups in total. The average molecular weight is 224 g/mol. The van der Waals surface area contributed by atoms with Crippen molar-refractivity contribution in [3.8, 4) is 5.69 Å². The monoisotopic (exact) mass is 223 g/mol. The first-order valence-corrected chi connectivity index (χ1v) is 4.46. The molecular formula is C9H6ClN3O2. The van der Waals surface area contributed by atoms with Crippen LogP contribution in [-0.4, -0.2) is 25.8 Å². The van der Waals surface area contributed by atoms with Crippen molar-refractivity contribution in [1.82, 2.24) is 14.8 Å². The summed E-state index contributed by atoms with van der Waals surface area (Å²) in [5, 5.41) is 16.3. The number of para-hydroxylation sites is 1. The van der Waals surface area contributed by atoms with Gasteiger partial charge in [0.15, 0.2) is 0 Å². The maximum atomic E-state index is 10.8. The van der Waals surface area contributed by atoms with E-state index < -0.39 is 5.97 Å². The molecule has 0 spiro atoms. The van der Waals surface area contributed by atoms with Gasteiger partial charge in [-0.2, -0.15) is 0 Å². The van der Waals surface area contributed by atoms with Crippen molar-refractivity contribution in [2.75, 3.05) is 0 Å². The van der Waals surface area contributed by atoms with E-state index in [0.717, 1.165) is 0 Å². The number of carboxylic acids is 1. The minimum atomic E-state index is -1.15. The molecule has 0 fully saturated rings. The Labute approximate surface area is 89.9 Å². The summed E-state index contributed by atoms with van der Waals surface area (Å²) in [6.45, 7) is 0. The molecule has 6 heteroatoms. The Bertz CT molecular complexity index is 510. The van der Waals surface area contributed by atoms with Gasteiger partial charge in [0.25, 0.3) is 0 Å². The summed E-state index contributed by atoms with van der Waals surface area (Å²) >= 11 is 5.92. The lowest BCUT2D eigenvalue weighted by Gasteiger charge is -2.04. The van der Waals surface area contributed by atoms with Crippen LogP contribution in [0, 0.1) is 0 Å². The van der Waals surface area contributed by atoms with E-state index in [1.54, 1.807) is 24.3 Å². The van der Waals surface area contributed by atoms with Gasteiger partial charge in [-0.15, -0.1) is 10.2 Å². The lowest BCUT2D eigenvalue weighted by Crippen LogP contribution is -2.07. The first-order chi connectivity index (χ1) is 7.20. The van der Waals surface area contributed by atoms with Crippen LogP contribution in [0.5, 0.6) is 0 Å². The fourth-order valence-electron chi connectivity index (χ4n) is 1.20. The molecule has 2 rings (SSSR count). The molecule has 0 aliphatic carbocycles. The summed E-state index contributed by atoms with van der Waals surface area (Å²) in [5.41, 5.74) is 0.543. The highest BCUT2D eigenvalue weighted by atomic mass is 35.5. The summed E-state index contributed by atoms with van der Waals surface area (Å²) in [7, 11) is 0. The molecule has 2 aromatic rings. The molecule has 0 atom stereocenters. The Morgan fingerprint density at radius 3 is 2.80 bits per heavy atom. The standard InChI is InChI=1S/C9H6ClN3O2/c10-6-3-1-2-4-7(6)13-5-11-12-8(13)9(14)15/h1-5H,(H,14,15). The fraction of sp³-hybridized carbons (Fsp3) is 0. The number of rotatable bonds is 2. The van der Waals surface area contributed by atoms with Gasteiger partial charge in [0.05, 0.1) is 10.7 Å². The third-order valence-corrected chi connectivity index (χ3v) is 2.17. The second kappa shape index (κ2) is 3.70. The van der Waals surface area contributed by atoms with Crippen molar-refractivity contribution in [3.05, 3.63) is 41.4 Å². The van der Waals surface area contributed by atoms with Crippen LogP contribution in [0.2, 0.25) is 5.02 Å². The number of hydrogen-bond acceptors (Lipinski definition) is 3. The molecule has 5 nitrogen and oxygen atoms in total. The van der Waals surface area contributed by atoms with Crippen LogP contribution in [0.1, 0.15) is 10.6 Å². The van der Waals surface area contributed by atoms with Crippen LogP contribution in [-0.2, 0) is 0 Å². The molecule has 0 saturated heterocycles. The van der Waals surface area contributed by atoms with Gasteiger partial charge < -0.3 is 5.11 Å². The zero-order valence-corrected chi connectivity index (χ0v) is 8.22. The van der Waals surface area contributed by atoms with E-state index in [1.807, 2.05) is 0 Å². The summed E-state index contributed by atoms with van der Waals surface area (Å²) < 4.78 is 1.32.